The lowest BCUT2D eigenvalue weighted by Crippen LogP contribution is -2.10. The van der Waals surface area contributed by atoms with E-state index in [1.807, 2.05) is 30.3 Å². The van der Waals surface area contributed by atoms with Crippen molar-refractivity contribution in [3.05, 3.63) is 77.4 Å². The minimum absolute atomic E-state index is 0.0182. The molecule has 0 saturated heterocycles. The minimum atomic E-state index is -0.0474. The highest BCUT2D eigenvalue weighted by molar-refractivity contribution is 6.06. The molecule has 3 heteroatoms. The van der Waals surface area contributed by atoms with Crippen LogP contribution in [0.15, 0.2) is 60.7 Å². The Morgan fingerprint density at radius 2 is 1.68 bits per heavy atom. The Morgan fingerprint density at radius 3 is 2.37 bits per heavy atom. The summed E-state index contributed by atoms with van der Waals surface area (Å²) in [6.45, 7) is 0. The van der Waals surface area contributed by atoms with Crippen LogP contribution >= 0.6 is 0 Å². The zero-order valence-electron chi connectivity index (χ0n) is 10.3. The quantitative estimate of drug-likeness (QED) is 0.379. The summed E-state index contributed by atoms with van der Waals surface area (Å²) >= 11 is 0. The fourth-order valence-corrected chi connectivity index (χ4v) is 1.68. The normalized spacial score (nSPS) is 10.5. The molecule has 0 radical (unpaired) electrons. The van der Waals surface area contributed by atoms with Gasteiger partial charge in [-0.25, -0.2) is 0 Å². The van der Waals surface area contributed by atoms with Gasteiger partial charge in [0.05, 0.1) is 0 Å². The van der Waals surface area contributed by atoms with Crippen molar-refractivity contribution in [3.63, 3.8) is 0 Å². The SMILES string of the molecule is N=C(N)c1cccc(C=CC(=O)c2ccccc2)c1. The predicted molar refractivity (Wildman–Crippen MR) is 77.3 cm³/mol. The maximum atomic E-state index is 11.9. The number of nitrogens with two attached hydrogens (primary N) is 1. The molecule has 0 aliphatic carbocycles. The standard InChI is InChI=1S/C16H14N2O/c17-16(18)14-8-4-5-12(11-14)9-10-15(19)13-6-2-1-3-7-13/h1-11H,(H3,17,18). The second kappa shape index (κ2) is 5.78. The molecule has 0 unspecified atom stereocenters. The molecule has 0 heterocycles. The Morgan fingerprint density at radius 1 is 1.00 bits per heavy atom. The molecule has 2 aromatic rings. The average molecular weight is 250 g/mol. The molecule has 19 heavy (non-hydrogen) atoms. The van der Waals surface area contributed by atoms with E-state index in [1.165, 1.54) is 6.08 Å². The number of benzene rings is 2. The lowest BCUT2D eigenvalue weighted by atomic mass is 10.1. The molecule has 0 amide bonds. The number of amidine groups is 1. The van der Waals surface area contributed by atoms with Gasteiger partial charge in [-0.05, 0) is 17.7 Å². The minimum Gasteiger partial charge on any atom is -0.384 e. The van der Waals surface area contributed by atoms with Gasteiger partial charge in [0.1, 0.15) is 5.84 Å². The molecule has 2 rings (SSSR count). The van der Waals surface area contributed by atoms with Crippen LogP contribution in [0.25, 0.3) is 6.08 Å². The first kappa shape index (κ1) is 12.8. The number of carbonyl (C=O) groups is 1. The second-order valence-corrected chi connectivity index (χ2v) is 4.10. The molecule has 3 nitrogen and oxygen atoms in total. The number of allylic oxidation sites excluding steroid dienone is 1. The van der Waals surface area contributed by atoms with E-state index in [-0.39, 0.29) is 11.6 Å². The number of ketones is 1. The van der Waals surface area contributed by atoms with Crippen LogP contribution in [0.2, 0.25) is 0 Å². The zero-order valence-corrected chi connectivity index (χ0v) is 10.3. The van der Waals surface area contributed by atoms with Crippen molar-refractivity contribution in [2.45, 2.75) is 0 Å². The zero-order chi connectivity index (χ0) is 13.7. The predicted octanol–water partition coefficient (Wildman–Crippen LogP) is 2.87. The molecule has 2 aromatic carbocycles. The van der Waals surface area contributed by atoms with E-state index >= 15 is 0 Å². The van der Waals surface area contributed by atoms with Crippen molar-refractivity contribution >= 4 is 17.7 Å². The summed E-state index contributed by atoms with van der Waals surface area (Å²) in [5, 5.41) is 7.37. The van der Waals surface area contributed by atoms with Gasteiger partial charge in [-0.2, -0.15) is 0 Å². The van der Waals surface area contributed by atoms with Crippen molar-refractivity contribution in [2.24, 2.45) is 5.73 Å². The van der Waals surface area contributed by atoms with Gasteiger partial charge in [-0.1, -0.05) is 54.6 Å². The number of nitrogens with one attached hydrogen (secondary N) is 1. The van der Waals surface area contributed by atoms with Crippen LogP contribution in [0.1, 0.15) is 21.5 Å². The Hall–Kier alpha value is -2.68. The van der Waals surface area contributed by atoms with Crippen LogP contribution in [-0.4, -0.2) is 11.6 Å². The highest BCUT2D eigenvalue weighted by Gasteiger charge is 2.00. The molecule has 0 aromatic heterocycles. The second-order valence-electron chi connectivity index (χ2n) is 4.10. The van der Waals surface area contributed by atoms with Gasteiger partial charge in [0.2, 0.25) is 0 Å². The maximum Gasteiger partial charge on any atom is 0.185 e. The van der Waals surface area contributed by atoms with E-state index < -0.39 is 0 Å². The van der Waals surface area contributed by atoms with Crippen LogP contribution in [0.3, 0.4) is 0 Å². The molecular formula is C16H14N2O. The Labute approximate surface area is 111 Å². The molecule has 0 aliphatic heterocycles. The summed E-state index contributed by atoms with van der Waals surface area (Å²) in [6, 6.07) is 16.3. The third-order valence-electron chi connectivity index (χ3n) is 2.68. The Balaban J connectivity index is 2.17. The van der Waals surface area contributed by atoms with Crippen LogP contribution < -0.4 is 5.73 Å². The number of carbonyl (C=O) groups excluding carboxylic acids is 1. The van der Waals surface area contributed by atoms with Crippen molar-refractivity contribution in [2.75, 3.05) is 0 Å². The van der Waals surface area contributed by atoms with Gasteiger partial charge in [-0.15, -0.1) is 0 Å². The summed E-state index contributed by atoms with van der Waals surface area (Å²) in [4.78, 5) is 11.9. The fourth-order valence-electron chi connectivity index (χ4n) is 1.68. The molecule has 0 aliphatic rings. The van der Waals surface area contributed by atoms with E-state index in [0.29, 0.717) is 11.1 Å². The average Bonchev–Trinajstić information content (AvgIpc) is 2.46. The molecule has 0 saturated carbocycles. The lowest BCUT2D eigenvalue weighted by molar-refractivity contribution is 0.104. The number of rotatable bonds is 4. The van der Waals surface area contributed by atoms with Gasteiger partial charge < -0.3 is 5.73 Å². The molecule has 3 N–H and O–H groups in total. The highest BCUT2D eigenvalue weighted by atomic mass is 16.1. The molecule has 94 valence electrons. The lowest BCUT2D eigenvalue weighted by Gasteiger charge is -1.99. The highest BCUT2D eigenvalue weighted by Crippen LogP contribution is 2.08. The van der Waals surface area contributed by atoms with E-state index in [9.17, 15) is 4.79 Å². The van der Waals surface area contributed by atoms with Crippen molar-refractivity contribution in [1.82, 2.24) is 0 Å². The van der Waals surface area contributed by atoms with Crippen LogP contribution in [-0.2, 0) is 0 Å². The van der Waals surface area contributed by atoms with Crippen LogP contribution in [0.5, 0.6) is 0 Å². The Kier molecular flexibility index (Phi) is 3.88. The van der Waals surface area contributed by atoms with Crippen molar-refractivity contribution in [1.29, 1.82) is 5.41 Å². The number of hydrogen-bond donors (Lipinski definition) is 2. The largest absolute Gasteiger partial charge is 0.384 e. The van der Waals surface area contributed by atoms with Gasteiger partial charge in [-0.3, -0.25) is 10.2 Å². The maximum absolute atomic E-state index is 11.9. The van der Waals surface area contributed by atoms with Crippen LogP contribution in [0.4, 0.5) is 0 Å². The van der Waals surface area contributed by atoms with Crippen molar-refractivity contribution < 1.29 is 4.79 Å². The summed E-state index contributed by atoms with van der Waals surface area (Å²) in [5.74, 6) is -0.0292. The third kappa shape index (κ3) is 3.39. The van der Waals surface area contributed by atoms with E-state index in [0.717, 1.165) is 5.56 Å². The fraction of sp³-hybridized carbons (Fsp3) is 0. The summed E-state index contributed by atoms with van der Waals surface area (Å²) in [5.41, 5.74) is 7.57. The first-order chi connectivity index (χ1) is 9.16. The van der Waals surface area contributed by atoms with Crippen LogP contribution in [0, 0.1) is 5.41 Å². The first-order valence-corrected chi connectivity index (χ1v) is 5.89. The first-order valence-electron chi connectivity index (χ1n) is 5.89. The summed E-state index contributed by atoms with van der Waals surface area (Å²) < 4.78 is 0. The molecule has 0 fully saturated rings. The topological polar surface area (TPSA) is 66.9 Å². The van der Waals surface area contributed by atoms with E-state index in [4.69, 9.17) is 11.1 Å². The van der Waals surface area contributed by atoms with E-state index in [1.54, 1.807) is 30.3 Å². The summed E-state index contributed by atoms with van der Waals surface area (Å²) in [7, 11) is 0. The van der Waals surface area contributed by atoms with Gasteiger partial charge in [0.25, 0.3) is 0 Å². The van der Waals surface area contributed by atoms with Crippen molar-refractivity contribution in [3.8, 4) is 0 Å². The van der Waals surface area contributed by atoms with E-state index in [2.05, 4.69) is 0 Å². The number of nitrogen functional groups attached to an aromatic ring is 1. The third-order valence-corrected chi connectivity index (χ3v) is 2.68. The number of hydrogen-bond acceptors (Lipinski definition) is 2. The molecular weight excluding hydrogens is 236 g/mol. The Bertz CT molecular complexity index is 630. The van der Waals surface area contributed by atoms with Gasteiger partial charge >= 0.3 is 0 Å². The smallest absolute Gasteiger partial charge is 0.185 e. The monoisotopic (exact) mass is 250 g/mol. The molecule has 0 atom stereocenters. The van der Waals surface area contributed by atoms with Gasteiger partial charge in [0.15, 0.2) is 5.78 Å². The van der Waals surface area contributed by atoms with Gasteiger partial charge in [0, 0.05) is 11.1 Å². The molecule has 0 bridgehead atoms. The summed E-state index contributed by atoms with van der Waals surface area (Å²) in [6.07, 6.45) is 3.25. The molecule has 0 spiro atoms.